The first-order valence-electron chi connectivity index (χ1n) is 7.11. The van der Waals surface area contributed by atoms with Gasteiger partial charge >= 0.3 is 0 Å². The minimum Gasteiger partial charge on any atom is -0.385 e. The molecule has 0 aliphatic rings. The van der Waals surface area contributed by atoms with Crippen molar-refractivity contribution in [3.8, 4) is 0 Å². The van der Waals surface area contributed by atoms with E-state index in [-0.39, 0.29) is 5.91 Å². The zero-order chi connectivity index (χ0) is 14.3. The minimum atomic E-state index is 0.0792. The molecule has 0 aliphatic carbocycles. The van der Waals surface area contributed by atoms with Crippen LogP contribution >= 0.6 is 0 Å². The summed E-state index contributed by atoms with van der Waals surface area (Å²) in [6.45, 7) is 9.50. The number of hydrogen-bond acceptors (Lipinski definition) is 2. The van der Waals surface area contributed by atoms with E-state index in [2.05, 4.69) is 24.5 Å². The van der Waals surface area contributed by atoms with Crippen molar-refractivity contribution in [2.24, 2.45) is 11.8 Å². The van der Waals surface area contributed by atoms with Crippen molar-refractivity contribution in [1.82, 2.24) is 0 Å². The first-order chi connectivity index (χ1) is 8.97. The Kier molecular flexibility index (Phi) is 6.40. The first kappa shape index (κ1) is 15.5. The van der Waals surface area contributed by atoms with Gasteiger partial charge < -0.3 is 10.6 Å². The summed E-state index contributed by atoms with van der Waals surface area (Å²) in [7, 11) is 0. The summed E-state index contributed by atoms with van der Waals surface area (Å²) >= 11 is 0. The Balaban J connectivity index is 2.41. The Morgan fingerprint density at radius 2 is 1.58 bits per heavy atom. The van der Waals surface area contributed by atoms with Crippen LogP contribution in [0.4, 0.5) is 11.4 Å². The van der Waals surface area contributed by atoms with Crippen LogP contribution in [-0.2, 0) is 4.79 Å². The maximum absolute atomic E-state index is 11.6. The minimum absolute atomic E-state index is 0.0792. The van der Waals surface area contributed by atoms with Crippen molar-refractivity contribution >= 4 is 17.3 Å². The molecule has 0 spiro atoms. The number of benzene rings is 1. The van der Waals surface area contributed by atoms with E-state index in [0.29, 0.717) is 18.3 Å². The maximum atomic E-state index is 11.6. The molecule has 0 radical (unpaired) electrons. The molecule has 0 bridgehead atoms. The van der Waals surface area contributed by atoms with Crippen molar-refractivity contribution in [2.75, 3.05) is 17.2 Å². The number of rotatable bonds is 7. The zero-order valence-corrected chi connectivity index (χ0v) is 12.5. The fraction of sp³-hybridized carbons (Fsp3) is 0.562. The highest BCUT2D eigenvalue weighted by molar-refractivity contribution is 5.90. The molecule has 0 saturated heterocycles. The second-order valence-electron chi connectivity index (χ2n) is 5.83. The molecule has 19 heavy (non-hydrogen) atoms. The summed E-state index contributed by atoms with van der Waals surface area (Å²) < 4.78 is 0. The van der Waals surface area contributed by atoms with Gasteiger partial charge in [-0.2, -0.15) is 0 Å². The molecule has 0 saturated carbocycles. The van der Waals surface area contributed by atoms with Gasteiger partial charge in [-0.1, -0.05) is 27.7 Å². The molecule has 106 valence electrons. The maximum Gasteiger partial charge on any atom is 0.224 e. The molecular weight excluding hydrogens is 236 g/mol. The Bertz CT molecular complexity index is 382. The van der Waals surface area contributed by atoms with E-state index in [9.17, 15) is 4.79 Å². The molecule has 1 amide bonds. The van der Waals surface area contributed by atoms with E-state index < -0.39 is 0 Å². The predicted octanol–water partition coefficient (Wildman–Crippen LogP) is 4.13. The number of hydrogen-bond donors (Lipinski definition) is 2. The van der Waals surface area contributed by atoms with E-state index in [1.54, 1.807) is 0 Å². The lowest BCUT2D eigenvalue weighted by molar-refractivity contribution is -0.116. The van der Waals surface area contributed by atoms with Gasteiger partial charge in [0.15, 0.2) is 0 Å². The van der Waals surface area contributed by atoms with Crippen LogP contribution in [0.3, 0.4) is 0 Å². The zero-order valence-electron chi connectivity index (χ0n) is 12.5. The van der Waals surface area contributed by atoms with Gasteiger partial charge in [-0.05, 0) is 42.5 Å². The normalized spacial score (nSPS) is 10.8. The second-order valence-corrected chi connectivity index (χ2v) is 5.83. The van der Waals surface area contributed by atoms with Crippen LogP contribution in [0.1, 0.15) is 40.5 Å². The van der Waals surface area contributed by atoms with E-state index in [4.69, 9.17) is 0 Å². The monoisotopic (exact) mass is 262 g/mol. The first-order valence-corrected chi connectivity index (χ1v) is 7.11. The number of carbonyl (C=O) groups is 1. The van der Waals surface area contributed by atoms with Crippen LogP contribution < -0.4 is 10.6 Å². The summed E-state index contributed by atoms with van der Waals surface area (Å²) in [4.78, 5) is 11.6. The molecule has 2 N–H and O–H groups in total. The van der Waals surface area contributed by atoms with Crippen molar-refractivity contribution in [3.63, 3.8) is 0 Å². The number of amides is 1. The number of nitrogens with one attached hydrogen (secondary N) is 2. The summed E-state index contributed by atoms with van der Waals surface area (Å²) in [6.07, 6.45) is 1.72. The lowest BCUT2D eigenvalue weighted by Crippen LogP contribution is -2.13. The van der Waals surface area contributed by atoms with Gasteiger partial charge in [0.25, 0.3) is 0 Å². The van der Waals surface area contributed by atoms with E-state index in [0.717, 1.165) is 24.3 Å². The van der Waals surface area contributed by atoms with Crippen LogP contribution in [0.5, 0.6) is 0 Å². The summed E-state index contributed by atoms with van der Waals surface area (Å²) in [5, 5.41) is 6.28. The topological polar surface area (TPSA) is 41.1 Å². The lowest BCUT2D eigenvalue weighted by atomic mass is 10.1. The lowest BCUT2D eigenvalue weighted by Gasteiger charge is -2.10. The van der Waals surface area contributed by atoms with Gasteiger partial charge in [0.05, 0.1) is 0 Å². The van der Waals surface area contributed by atoms with Crippen molar-refractivity contribution < 1.29 is 4.79 Å². The van der Waals surface area contributed by atoms with Gasteiger partial charge in [-0.15, -0.1) is 0 Å². The van der Waals surface area contributed by atoms with Gasteiger partial charge in [-0.3, -0.25) is 4.79 Å². The SMILES string of the molecule is CC(C)CCNc1ccc(NC(=O)CC(C)C)cc1. The van der Waals surface area contributed by atoms with Gasteiger partial charge in [0.1, 0.15) is 0 Å². The molecule has 0 atom stereocenters. The molecule has 0 unspecified atom stereocenters. The van der Waals surface area contributed by atoms with Crippen molar-refractivity contribution in [1.29, 1.82) is 0 Å². The number of carbonyl (C=O) groups excluding carboxylic acids is 1. The van der Waals surface area contributed by atoms with Crippen LogP contribution in [0.25, 0.3) is 0 Å². The van der Waals surface area contributed by atoms with E-state index in [1.807, 2.05) is 38.1 Å². The molecule has 0 heterocycles. The highest BCUT2D eigenvalue weighted by Crippen LogP contribution is 2.15. The number of anilines is 2. The van der Waals surface area contributed by atoms with Crippen molar-refractivity contribution in [2.45, 2.75) is 40.5 Å². The Morgan fingerprint density at radius 1 is 1.00 bits per heavy atom. The third kappa shape index (κ3) is 6.85. The largest absolute Gasteiger partial charge is 0.385 e. The molecular formula is C16H26N2O. The van der Waals surface area contributed by atoms with E-state index >= 15 is 0 Å². The fourth-order valence-electron chi connectivity index (χ4n) is 1.76. The van der Waals surface area contributed by atoms with Crippen LogP contribution in [-0.4, -0.2) is 12.5 Å². The Hall–Kier alpha value is -1.51. The predicted molar refractivity (Wildman–Crippen MR) is 82.5 cm³/mol. The Morgan fingerprint density at radius 3 is 2.11 bits per heavy atom. The molecule has 1 aromatic carbocycles. The standard InChI is InChI=1S/C16H26N2O/c1-12(2)9-10-17-14-5-7-15(8-6-14)18-16(19)11-13(3)4/h5-8,12-13,17H,9-11H2,1-4H3,(H,18,19). The van der Waals surface area contributed by atoms with Crippen molar-refractivity contribution in [3.05, 3.63) is 24.3 Å². The van der Waals surface area contributed by atoms with Gasteiger partial charge in [0, 0.05) is 24.3 Å². The quantitative estimate of drug-likeness (QED) is 0.775. The summed E-state index contributed by atoms with van der Waals surface area (Å²) in [5.41, 5.74) is 1.96. The average molecular weight is 262 g/mol. The molecule has 0 aliphatic heterocycles. The average Bonchev–Trinajstić information content (AvgIpc) is 2.29. The van der Waals surface area contributed by atoms with Crippen LogP contribution in [0.2, 0.25) is 0 Å². The molecule has 3 heteroatoms. The fourth-order valence-corrected chi connectivity index (χ4v) is 1.76. The van der Waals surface area contributed by atoms with Gasteiger partial charge in [0.2, 0.25) is 5.91 Å². The molecule has 0 aromatic heterocycles. The smallest absolute Gasteiger partial charge is 0.224 e. The third-order valence-corrected chi connectivity index (χ3v) is 2.81. The third-order valence-electron chi connectivity index (χ3n) is 2.81. The molecule has 3 nitrogen and oxygen atoms in total. The molecule has 0 fully saturated rings. The molecule has 1 aromatic rings. The summed E-state index contributed by atoms with van der Waals surface area (Å²) in [6, 6.07) is 7.89. The Labute approximate surface area is 116 Å². The van der Waals surface area contributed by atoms with Crippen LogP contribution in [0.15, 0.2) is 24.3 Å². The second kappa shape index (κ2) is 7.82. The van der Waals surface area contributed by atoms with E-state index in [1.165, 1.54) is 0 Å². The van der Waals surface area contributed by atoms with Crippen LogP contribution in [0, 0.1) is 11.8 Å². The summed E-state index contributed by atoms with van der Waals surface area (Å²) in [5.74, 6) is 1.18. The highest BCUT2D eigenvalue weighted by atomic mass is 16.1. The van der Waals surface area contributed by atoms with Gasteiger partial charge in [-0.25, -0.2) is 0 Å². The highest BCUT2D eigenvalue weighted by Gasteiger charge is 2.05. The molecule has 1 rings (SSSR count).